The molecule has 0 aliphatic carbocycles. The van der Waals surface area contributed by atoms with Gasteiger partial charge in [0.25, 0.3) is 5.91 Å². The van der Waals surface area contributed by atoms with E-state index in [-0.39, 0.29) is 18.0 Å². The van der Waals surface area contributed by atoms with E-state index in [0.717, 1.165) is 32.3 Å². The van der Waals surface area contributed by atoms with Crippen molar-refractivity contribution >= 4 is 17.6 Å². The van der Waals surface area contributed by atoms with E-state index in [2.05, 4.69) is 22.9 Å². The first kappa shape index (κ1) is 21.0. The molecule has 0 heterocycles. The van der Waals surface area contributed by atoms with Gasteiger partial charge in [0.05, 0.1) is 0 Å². The second-order valence-corrected chi connectivity index (χ2v) is 6.06. The van der Waals surface area contributed by atoms with E-state index < -0.39 is 0 Å². The molecule has 1 unspecified atom stereocenters. The number of amides is 3. The van der Waals surface area contributed by atoms with Crippen LogP contribution in [0.3, 0.4) is 0 Å². The van der Waals surface area contributed by atoms with Crippen molar-refractivity contribution in [3.8, 4) is 0 Å². The van der Waals surface area contributed by atoms with Gasteiger partial charge >= 0.3 is 6.03 Å². The van der Waals surface area contributed by atoms with Crippen molar-refractivity contribution in [3.63, 3.8) is 0 Å². The average Bonchev–Trinajstić information content (AvgIpc) is 2.61. The van der Waals surface area contributed by atoms with Gasteiger partial charge in [0, 0.05) is 37.1 Å². The lowest BCUT2D eigenvalue weighted by Crippen LogP contribution is -2.32. The topological polar surface area (TPSA) is 79.5 Å². The van der Waals surface area contributed by atoms with E-state index in [1.165, 1.54) is 0 Å². The van der Waals surface area contributed by atoms with E-state index in [9.17, 15) is 9.59 Å². The second kappa shape index (κ2) is 12.3. The fourth-order valence-corrected chi connectivity index (χ4v) is 2.01. The van der Waals surface area contributed by atoms with Crippen molar-refractivity contribution in [2.75, 3.05) is 25.1 Å². The number of anilines is 1. The predicted molar refractivity (Wildman–Crippen MR) is 101 cm³/mol. The third-order valence-corrected chi connectivity index (χ3v) is 3.79. The predicted octanol–water partition coefficient (Wildman–Crippen LogP) is 3.54. The van der Waals surface area contributed by atoms with Gasteiger partial charge in [0.2, 0.25) is 0 Å². The summed E-state index contributed by atoms with van der Waals surface area (Å²) in [6.07, 6.45) is 3.86. The fourth-order valence-electron chi connectivity index (χ4n) is 2.01. The summed E-state index contributed by atoms with van der Waals surface area (Å²) < 4.78 is 5.44. The minimum Gasteiger partial charge on any atom is -0.381 e. The third kappa shape index (κ3) is 9.10. The standard InChI is InChI=1S/C19H31N3O3/c1-4-6-13-25-14-7-12-20-19(24)22-17-10-8-16(9-11-17)18(23)21-15(3)5-2/h8-11,15H,4-7,12-14H2,1-3H3,(H,21,23)(H2,20,22,24). The van der Waals surface area contributed by atoms with E-state index in [4.69, 9.17) is 4.74 Å². The lowest BCUT2D eigenvalue weighted by atomic mass is 10.1. The molecule has 0 bridgehead atoms. The van der Waals surface area contributed by atoms with Gasteiger partial charge in [-0.2, -0.15) is 0 Å². The van der Waals surface area contributed by atoms with E-state index >= 15 is 0 Å². The Kier molecular flexibility index (Phi) is 10.3. The number of carbonyl (C=O) groups excluding carboxylic acids is 2. The zero-order valence-electron chi connectivity index (χ0n) is 15.6. The van der Waals surface area contributed by atoms with Crippen molar-refractivity contribution in [2.45, 2.75) is 52.5 Å². The van der Waals surface area contributed by atoms with Gasteiger partial charge in [-0.3, -0.25) is 4.79 Å². The second-order valence-electron chi connectivity index (χ2n) is 6.06. The Bertz CT molecular complexity index is 517. The molecule has 3 amide bonds. The highest BCUT2D eigenvalue weighted by molar-refractivity contribution is 5.95. The number of ether oxygens (including phenoxy) is 1. The Hall–Kier alpha value is -2.08. The van der Waals surface area contributed by atoms with Crippen LogP contribution in [0.25, 0.3) is 0 Å². The Labute approximate surface area is 150 Å². The summed E-state index contributed by atoms with van der Waals surface area (Å²) in [4.78, 5) is 23.8. The number of hydrogen-bond acceptors (Lipinski definition) is 3. The summed E-state index contributed by atoms with van der Waals surface area (Å²) in [5, 5.41) is 8.44. The maximum absolute atomic E-state index is 12.0. The van der Waals surface area contributed by atoms with Gasteiger partial charge in [-0.15, -0.1) is 0 Å². The van der Waals surface area contributed by atoms with Crippen LogP contribution in [-0.4, -0.2) is 37.7 Å². The van der Waals surface area contributed by atoms with Crippen LogP contribution in [0.2, 0.25) is 0 Å². The van der Waals surface area contributed by atoms with Crippen LogP contribution in [0, 0.1) is 0 Å². The lowest BCUT2D eigenvalue weighted by molar-refractivity contribution is 0.0939. The molecule has 140 valence electrons. The van der Waals surface area contributed by atoms with Gasteiger partial charge < -0.3 is 20.7 Å². The van der Waals surface area contributed by atoms with Crippen LogP contribution in [0.1, 0.15) is 56.8 Å². The highest BCUT2D eigenvalue weighted by atomic mass is 16.5. The average molecular weight is 349 g/mol. The van der Waals surface area contributed by atoms with Gasteiger partial charge in [0.15, 0.2) is 0 Å². The van der Waals surface area contributed by atoms with Crippen LogP contribution < -0.4 is 16.0 Å². The minimum absolute atomic E-state index is 0.103. The quantitative estimate of drug-likeness (QED) is 0.535. The summed E-state index contributed by atoms with van der Waals surface area (Å²) in [7, 11) is 0. The Morgan fingerprint density at radius 2 is 1.76 bits per heavy atom. The number of nitrogens with one attached hydrogen (secondary N) is 3. The highest BCUT2D eigenvalue weighted by Crippen LogP contribution is 2.10. The zero-order valence-corrected chi connectivity index (χ0v) is 15.6. The lowest BCUT2D eigenvalue weighted by Gasteiger charge is -2.12. The molecular formula is C19H31N3O3. The molecule has 1 aromatic carbocycles. The first-order valence-electron chi connectivity index (χ1n) is 9.10. The summed E-state index contributed by atoms with van der Waals surface area (Å²) >= 11 is 0. The van der Waals surface area contributed by atoms with Gasteiger partial charge in [-0.1, -0.05) is 20.3 Å². The van der Waals surface area contributed by atoms with E-state index in [0.29, 0.717) is 24.4 Å². The molecular weight excluding hydrogens is 318 g/mol. The maximum atomic E-state index is 12.0. The molecule has 0 radical (unpaired) electrons. The number of rotatable bonds is 11. The van der Waals surface area contributed by atoms with Crippen LogP contribution in [0.5, 0.6) is 0 Å². The molecule has 6 heteroatoms. The molecule has 0 fully saturated rings. The van der Waals surface area contributed by atoms with Crippen LogP contribution in [0.4, 0.5) is 10.5 Å². The van der Waals surface area contributed by atoms with Crippen LogP contribution in [0.15, 0.2) is 24.3 Å². The maximum Gasteiger partial charge on any atom is 0.319 e. The Morgan fingerprint density at radius 1 is 1.08 bits per heavy atom. The van der Waals surface area contributed by atoms with E-state index in [1.807, 2.05) is 13.8 Å². The number of hydrogen-bond donors (Lipinski definition) is 3. The monoisotopic (exact) mass is 349 g/mol. The molecule has 0 aliphatic rings. The van der Waals surface area contributed by atoms with Crippen molar-refractivity contribution in [2.24, 2.45) is 0 Å². The van der Waals surface area contributed by atoms with E-state index in [1.54, 1.807) is 24.3 Å². The third-order valence-electron chi connectivity index (χ3n) is 3.79. The first-order chi connectivity index (χ1) is 12.1. The smallest absolute Gasteiger partial charge is 0.319 e. The Morgan fingerprint density at radius 3 is 2.40 bits per heavy atom. The summed E-state index contributed by atoms with van der Waals surface area (Å²) in [6, 6.07) is 6.73. The number of benzene rings is 1. The summed E-state index contributed by atoms with van der Waals surface area (Å²) in [5.74, 6) is -0.103. The number of carbonyl (C=O) groups is 2. The van der Waals surface area contributed by atoms with Crippen molar-refractivity contribution < 1.29 is 14.3 Å². The molecule has 1 aromatic rings. The zero-order chi connectivity index (χ0) is 18.5. The molecule has 1 rings (SSSR count). The minimum atomic E-state index is -0.259. The highest BCUT2D eigenvalue weighted by Gasteiger charge is 2.08. The first-order valence-corrected chi connectivity index (χ1v) is 9.10. The number of urea groups is 1. The van der Waals surface area contributed by atoms with Crippen molar-refractivity contribution in [1.82, 2.24) is 10.6 Å². The Balaban J connectivity index is 2.28. The molecule has 6 nitrogen and oxygen atoms in total. The van der Waals surface area contributed by atoms with Crippen LogP contribution in [-0.2, 0) is 4.74 Å². The molecule has 0 spiro atoms. The fraction of sp³-hybridized carbons (Fsp3) is 0.579. The van der Waals surface area contributed by atoms with Gasteiger partial charge in [-0.05, 0) is 50.5 Å². The molecule has 3 N–H and O–H groups in total. The normalized spacial score (nSPS) is 11.6. The summed E-state index contributed by atoms with van der Waals surface area (Å²) in [6.45, 7) is 8.11. The molecule has 0 aromatic heterocycles. The van der Waals surface area contributed by atoms with Crippen molar-refractivity contribution in [1.29, 1.82) is 0 Å². The molecule has 0 saturated heterocycles. The SMILES string of the molecule is CCCCOCCCNC(=O)Nc1ccc(C(=O)NC(C)CC)cc1. The van der Waals surface area contributed by atoms with Gasteiger partial charge in [-0.25, -0.2) is 4.79 Å². The van der Waals surface area contributed by atoms with Crippen molar-refractivity contribution in [3.05, 3.63) is 29.8 Å². The largest absolute Gasteiger partial charge is 0.381 e. The molecule has 0 aliphatic heterocycles. The number of unbranched alkanes of at least 4 members (excludes halogenated alkanes) is 1. The molecule has 1 atom stereocenters. The summed E-state index contributed by atoms with van der Waals surface area (Å²) in [5.41, 5.74) is 1.23. The molecule has 25 heavy (non-hydrogen) atoms. The molecule has 0 saturated carbocycles. The van der Waals surface area contributed by atoms with Crippen LogP contribution >= 0.6 is 0 Å². The van der Waals surface area contributed by atoms with Gasteiger partial charge in [0.1, 0.15) is 0 Å².